The van der Waals surface area contributed by atoms with E-state index in [4.69, 9.17) is 9.47 Å². The van der Waals surface area contributed by atoms with E-state index in [-0.39, 0.29) is 30.6 Å². The van der Waals surface area contributed by atoms with Crippen molar-refractivity contribution in [1.82, 2.24) is 0 Å². The Labute approximate surface area is 207 Å². The predicted octanol–water partition coefficient (Wildman–Crippen LogP) is 4.16. The number of benzene rings is 2. The Bertz CT molecular complexity index is 1170. The highest BCUT2D eigenvalue weighted by Gasteiger charge is 2.26. The van der Waals surface area contributed by atoms with Crippen LogP contribution in [0, 0.1) is 37.7 Å². The largest absolute Gasteiger partial charge is 0.462 e. The third-order valence-corrected chi connectivity index (χ3v) is 4.78. The molecule has 1 N–H and O–H groups in total. The van der Waals surface area contributed by atoms with Gasteiger partial charge in [-0.25, -0.2) is 9.59 Å². The molecule has 0 amide bonds. The molecular weight excluding hydrogens is 507 g/mol. The molecule has 1 fully saturated rings. The van der Waals surface area contributed by atoms with Crippen LogP contribution in [0.2, 0.25) is 0 Å². The van der Waals surface area contributed by atoms with Crippen LogP contribution >= 0.6 is 0 Å². The fourth-order valence-electron chi connectivity index (χ4n) is 2.99. The van der Waals surface area contributed by atoms with Gasteiger partial charge in [-0.15, -0.1) is 0 Å². The van der Waals surface area contributed by atoms with Gasteiger partial charge in [-0.05, 0) is 44.5 Å². The molecule has 12 nitrogen and oxygen atoms in total. The summed E-state index contributed by atoms with van der Waals surface area (Å²) in [6.45, 7) is 4.27. The minimum absolute atomic E-state index is 0.0407. The Morgan fingerprint density at radius 3 is 1.73 bits per heavy atom. The van der Waals surface area contributed by atoms with Crippen LogP contribution < -0.4 is 5.32 Å². The van der Waals surface area contributed by atoms with Crippen LogP contribution in [0.15, 0.2) is 24.3 Å². The van der Waals surface area contributed by atoms with Gasteiger partial charge in [-0.3, -0.25) is 20.2 Å². The molecule has 0 unspecified atom stereocenters. The molecule has 0 aromatic heterocycles. The molecule has 1 atom stereocenters. The number of hydrogen-bond acceptors (Lipinski definition) is 10. The zero-order valence-corrected chi connectivity index (χ0v) is 19.6. The van der Waals surface area contributed by atoms with E-state index in [2.05, 4.69) is 10.1 Å². The molecule has 1 aliphatic heterocycles. The van der Waals surface area contributed by atoms with Crippen molar-refractivity contribution in [3.05, 3.63) is 73.1 Å². The lowest BCUT2D eigenvalue weighted by Gasteiger charge is -2.26. The maximum Gasteiger partial charge on any atom is 0.340 e. The lowest BCUT2D eigenvalue weighted by atomic mass is 10.1. The molecule has 0 saturated carbocycles. The smallest absolute Gasteiger partial charge is 0.340 e. The quantitative estimate of drug-likeness (QED) is 0.284. The van der Waals surface area contributed by atoms with E-state index < -0.39 is 56.2 Å². The van der Waals surface area contributed by atoms with E-state index >= 15 is 0 Å². The Morgan fingerprint density at radius 1 is 0.919 bits per heavy atom. The molecule has 0 spiro atoms. The first kappa shape index (κ1) is 29.0. The SMILES string of the molecule is CCOC(=O)c1cc(F)c([N+](=O)[O-])c(F)c1.CCOC(=O)c1cc(F)c([N+](=O)[O-])c(NC[C@@H]2CCO2)c1. The van der Waals surface area contributed by atoms with Gasteiger partial charge in [0.2, 0.25) is 17.5 Å². The van der Waals surface area contributed by atoms with Crippen LogP contribution in [-0.2, 0) is 14.2 Å². The van der Waals surface area contributed by atoms with Crippen LogP contribution in [0.4, 0.5) is 30.2 Å². The molecule has 3 rings (SSSR count). The first-order valence-electron chi connectivity index (χ1n) is 10.8. The summed E-state index contributed by atoms with van der Waals surface area (Å²) >= 11 is 0. The Hall–Kier alpha value is -4.27. The monoisotopic (exact) mass is 529 g/mol. The average Bonchev–Trinajstić information content (AvgIpc) is 2.77. The van der Waals surface area contributed by atoms with Gasteiger partial charge in [0, 0.05) is 13.2 Å². The van der Waals surface area contributed by atoms with Gasteiger partial charge in [0.1, 0.15) is 5.69 Å². The van der Waals surface area contributed by atoms with Crippen LogP contribution in [0.5, 0.6) is 0 Å². The van der Waals surface area contributed by atoms with Crippen LogP contribution in [-0.4, -0.2) is 54.3 Å². The van der Waals surface area contributed by atoms with Gasteiger partial charge in [0.25, 0.3) is 0 Å². The summed E-state index contributed by atoms with van der Waals surface area (Å²) in [7, 11) is 0. The van der Waals surface area contributed by atoms with Gasteiger partial charge in [0.05, 0.1) is 40.3 Å². The molecule has 0 aliphatic carbocycles. The standard InChI is InChI=1S/C13H15FN2O5.C9H7F2NO4/c1-2-20-13(17)8-5-10(14)12(16(18)19)11(6-8)15-7-9-3-4-21-9;1-2-16-9(13)5-3-6(10)8(12(14)15)7(11)4-5/h5-6,9,15H,2-4,7H2,1H3;3-4H,2H2,1H3/t9-;/m0./s1. The van der Waals surface area contributed by atoms with Crippen molar-refractivity contribution in [2.24, 2.45) is 0 Å². The second kappa shape index (κ2) is 13.2. The zero-order chi connectivity index (χ0) is 27.7. The van der Waals surface area contributed by atoms with Gasteiger partial charge in [0.15, 0.2) is 0 Å². The molecule has 0 bridgehead atoms. The minimum Gasteiger partial charge on any atom is -0.462 e. The summed E-state index contributed by atoms with van der Waals surface area (Å²) in [4.78, 5) is 41.9. The fourth-order valence-corrected chi connectivity index (χ4v) is 2.99. The number of nitro benzene ring substituents is 2. The highest BCUT2D eigenvalue weighted by Crippen LogP contribution is 2.30. The number of nitro groups is 2. The van der Waals surface area contributed by atoms with Crippen molar-refractivity contribution in [1.29, 1.82) is 0 Å². The van der Waals surface area contributed by atoms with E-state index in [0.29, 0.717) is 25.3 Å². The van der Waals surface area contributed by atoms with Gasteiger partial charge >= 0.3 is 23.3 Å². The first-order valence-corrected chi connectivity index (χ1v) is 10.8. The van der Waals surface area contributed by atoms with E-state index in [9.17, 15) is 43.0 Å². The third kappa shape index (κ3) is 7.60. The topological polar surface area (TPSA) is 160 Å². The van der Waals surface area contributed by atoms with Crippen LogP contribution in [0.25, 0.3) is 0 Å². The molecule has 1 saturated heterocycles. The number of carbonyl (C=O) groups excluding carboxylic acids is 2. The number of rotatable bonds is 9. The van der Waals surface area contributed by atoms with Gasteiger partial charge in [-0.2, -0.15) is 13.2 Å². The summed E-state index contributed by atoms with van der Waals surface area (Å²) in [5.41, 5.74) is -2.51. The summed E-state index contributed by atoms with van der Waals surface area (Å²) in [5, 5.41) is 24.0. The fraction of sp³-hybridized carbons (Fsp3) is 0.364. The molecule has 2 aromatic rings. The van der Waals surface area contributed by atoms with Crippen molar-refractivity contribution in [2.45, 2.75) is 26.4 Å². The van der Waals surface area contributed by atoms with Crippen LogP contribution in [0.1, 0.15) is 41.0 Å². The van der Waals surface area contributed by atoms with Crippen molar-refractivity contribution in [2.75, 3.05) is 31.7 Å². The molecule has 2 aromatic carbocycles. The van der Waals surface area contributed by atoms with Gasteiger partial charge in [-0.1, -0.05) is 0 Å². The maximum absolute atomic E-state index is 13.9. The number of anilines is 1. The summed E-state index contributed by atoms with van der Waals surface area (Å²) in [6.07, 6.45) is 0.778. The Morgan fingerprint density at radius 2 is 1.35 bits per heavy atom. The number of esters is 2. The summed E-state index contributed by atoms with van der Waals surface area (Å²) < 4.78 is 54.5. The lowest BCUT2D eigenvalue weighted by Crippen LogP contribution is -2.33. The maximum atomic E-state index is 13.9. The van der Waals surface area contributed by atoms with E-state index in [1.807, 2.05) is 0 Å². The van der Waals surface area contributed by atoms with Gasteiger partial charge < -0.3 is 19.5 Å². The molecular formula is C22H22F3N3O9. The lowest BCUT2D eigenvalue weighted by molar-refractivity contribution is -0.390. The molecule has 1 aliphatic rings. The number of halogens is 3. The van der Waals surface area contributed by atoms with Crippen molar-refractivity contribution >= 4 is 29.0 Å². The molecule has 37 heavy (non-hydrogen) atoms. The molecule has 15 heteroatoms. The highest BCUT2D eigenvalue weighted by atomic mass is 19.1. The third-order valence-electron chi connectivity index (χ3n) is 4.78. The van der Waals surface area contributed by atoms with Crippen molar-refractivity contribution in [3.63, 3.8) is 0 Å². The second-order valence-electron chi connectivity index (χ2n) is 7.26. The van der Waals surface area contributed by atoms with E-state index in [1.54, 1.807) is 6.92 Å². The predicted molar refractivity (Wildman–Crippen MR) is 121 cm³/mol. The first-order chi connectivity index (χ1) is 17.5. The highest BCUT2D eigenvalue weighted by molar-refractivity contribution is 5.92. The van der Waals surface area contributed by atoms with Crippen molar-refractivity contribution in [3.8, 4) is 0 Å². The number of ether oxygens (including phenoxy) is 3. The normalized spacial score (nSPS) is 13.9. The number of carbonyl (C=O) groups is 2. The second-order valence-corrected chi connectivity index (χ2v) is 7.26. The number of nitrogens with one attached hydrogen (secondary N) is 1. The molecule has 0 radical (unpaired) electrons. The molecule has 1 heterocycles. The Balaban J connectivity index is 0.000000271. The van der Waals surface area contributed by atoms with E-state index in [1.165, 1.54) is 13.0 Å². The van der Waals surface area contributed by atoms with Crippen molar-refractivity contribution < 1.29 is 46.8 Å². The van der Waals surface area contributed by atoms with Crippen LogP contribution in [0.3, 0.4) is 0 Å². The number of nitrogens with zero attached hydrogens (tertiary/aromatic N) is 2. The van der Waals surface area contributed by atoms with E-state index in [0.717, 1.165) is 12.5 Å². The zero-order valence-electron chi connectivity index (χ0n) is 19.6. The molecule has 200 valence electrons. The summed E-state index contributed by atoms with van der Waals surface area (Å²) in [5.74, 6) is -5.56. The minimum atomic E-state index is -1.41. The summed E-state index contributed by atoms with van der Waals surface area (Å²) in [6, 6.07) is 3.16. The average molecular weight is 529 g/mol. The number of hydrogen-bond donors (Lipinski definition) is 1. The Kier molecular flexibility index (Phi) is 10.3.